The maximum atomic E-state index is 12.7. The molecule has 0 spiro atoms. The van der Waals surface area contributed by atoms with Gasteiger partial charge in [0.1, 0.15) is 0 Å². The molecule has 3 rings (SSSR count). The lowest BCUT2D eigenvalue weighted by Crippen LogP contribution is -2.21. The number of aromatic nitrogens is 1. The van der Waals surface area contributed by atoms with Gasteiger partial charge in [0.15, 0.2) is 6.61 Å². The van der Waals surface area contributed by atoms with Gasteiger partial charge in [-0.05, 0) is 49.2 Å². The van der Waals surface area contributed by atoms with Crippen LogP contribution in [0.2, 0.25) is 5.02 Å². The highest BCUT2D eigenvalue weighted by Gasteiger charge is 2.19. The number of nitrogens with one attached hydrogen (secondary N) is 1. The normalized spacial score (nSPS) is 10.6. The van der Waals surface area contributed by atoms with E-state index in [9.17, 15) is 9.59 Å². The summed E-state index contributed by atoms with van der Waals surface area (Å²) in [4.78, 5) is 29.4. The van der Waals surface area contributed by atoms with Gasteiger partial charge in [0.25, 0.3) is 5.91 Å². The Kier molecular flexibility index (Phi) is 5.72. The molecule has 0 aliphatic carbocycles. The first-order valence-electron chi connectivity index (χ1n) is 8.60. The van der Waals surface area contributed by atoms with Crippen LogP contribution in [-0.2, 0) is 16.0 Å². The van der Waals surface area contributed by atoms with E-state index in [2.05, 4.69) is 10.3 Å². The number of amides is 1. The molecule has 0 saturated carbocycles. The zero-order chi connectivity index (χ0) is 19.4. The van der Waals surface area contributed by atoms with Gasteiger partial charge >= 0.3 is 5.97 Å². The fraction of sp³-hybridized carbons (Fsp3) is 0.190. The minimum absolute atomic E-state index is 0.376. The number of pyridine rings is 1. The van der Waals surface area contributed by atoms with Crippen LogP contribution in [0.3, 0.4) is 0 Å². The number of benzene rings is 2. The number of halogens is 1. The lowest BCUT2D eigenvalue weighted by molar-refractivity contribution is -0.119. The molecular formula is C21H19ClN2O3. The van der Waals surface area contributed by atoms with E-state index in [-0.39, 0.29) is 6.61 Å². The van der Waals surface area contributed by atoms with E-state index < -0.39 is 11.9 Å². The SMILES string of the molecule is CCc1nc2ccccc2c(C(=O)OCC(=O)Nc2ccc(Cl)cc2)c1C. The van der Waals surface area contributed by atoms with Gasteiger partial charge in [-0.25, -0.2) is 4.79 Å². The molecule has 1 heterocycles. The van der Waals surface area contributed by atoms with Crippen molar-refractivity contribution in [1.29, 1.82) is 0 Å². The molecule has 2 aromatic carbocycles. The Bertz CT molecular complexity index is 1000. The number of ether oxygens (including phenoxy) is 1. The minimum Gasteiger partial charge on any atom is -0.452 e. The monoisotopic (exact) mass is 382 g/mol. The van der Waals surface area contributed by atoms with Crippen molar-refractivity contribution in [2.45, 2.75) is 20.3 Å². The van der Waals surface area contributed by atoms with Gasteiger partial charge in [0, 0.05) is 21.8 Å². The Morgan fingerprint density at radius 2 is 1.81 bits per heavy atom. The zero-order valence-electron chi connectivity index (χ0n) is 15.1. The van der Waals surface area contributed by atoms with Gasteiger partial charge < -0.3 is 10.1 Å². The van der Waals surface area contributed by atoms with Gasteiger partial charge in [-0.1, -0.05) is 36.7 Å². The van der Waals surface area contributed by atoms with Crippen LogP contribution in [0.4, 0.5) is 5.69 Å². The van der Waals surface area contributed by atoms with Crippen molar-refractivity contribution in [3.8, 4) is 0 Å². The molecule has 0 atom stereocenters. The molecule has 0 aliphatic heterocycles. The van der Waals surface area contributed by atoms with E-state index in [0.29, 0.717) is 22.7 Å². The summed E-state index contributed by atoms with van der Waals surface area (Å²) >= 11 is 5.82. The van der Waals surface area contributed by atoms with Crippen molar-refractivity contribution in [3.63, 3.8) is 0 Å². The van der Waals surface area contributed by atoms with Crippen molar-refractivity contribution in [1.82, 2.24) is 4.98 Å². The van der Waals surface area contributed by atoms with Crippen LogP contribution in [-0.4, -0.2) is 23.5 Å². The number of para-hydroxylation sites is 1. The van der Waals surface area contributed by atoms with Crippen molar-refractivity contribution >= 4 is 40.1 Å². The first-order valence-corrected chi connectivity index (χ1v) is 8.98. The maximum Gasteiger partial charge on any atom is 0.339 e. The summed E-state index contributed by atoms with van der Waals surface area (Å²) in [6, 6.07) is 14.1. The van der Waals surface area contributed by atoms with Gasteiger partial charge in [-0.2, -0.15) is 0 Å². The average Bonchev–Trinajstić information content (AvgIpc) is 2.67. The summed E-state index contributed by atoms with van der Waals surface area (Å²) in [6.45, 7) is 3.46. The van der Waals surface area contributed by atoms with E-state index in [1.54, 1.807) is 24.3 Å². The predicted octanol–water partition coefficient (Wildman–Crippen LogP) is 4.55. The number of anilines is 1. The second-order valence-corrected chi connectivity index (χ2v) is 6.50. The largest absolute Gasteiger partial charge is 0.452 e. The number of esters is 1. The smallest absolute Gasteiger partial charge is 0.339 e. The van der Waals surface area contributed by atoms with E-state index in [1.165, 1.54) is 0 Å². The van der Waals surface area contributed by atoms with Crippen LogP contribution < -0.4 is 5.32 Å². The Balaban J connectivity index is 1.77. The molecule has 1 amide bonds. The van der Waals surface area contributed by atoms with Crippen molar-refractivity contribution in [2.75, 3.05) is 11.9 Å². The molecule has 6 heteroatoms. The summed E-state index contributed by atoms with van der Waals surface area (Å²) in [7, 11) is 0. The predicted molar refractivity (Wildman–Crippen MR) is 106 cm³/mol. The number of carbonyl (C=O) groups is 2. The van der Waals surface area contributed by atoms with Gasteiger partial charge in [-0.15, -0.1) is 0 Å². The molecule has 0 unspecified atom stereocenters. The first kappa shape index (κ1) is 18.9. The Hall–Kier alpha value is -2.92. The van der Waals surface area contributed by atoms with Crippen LogP contribution in [0, 0.1) is 6.92 Å². The molecule has 0 fully saturated rings. The van der Waals surface area contributed by atoms with E-state index in [1.807, 2.05) is 38.1 Å². The molecule has 0 bridgehead atoms. The van der Waals surface area contributed by atoms with E-state index in [4.69, 9.17) is 16.3 Å². The highest BCUT2D eigenvalue weighted by Crippen LogP contribution is 2.24. The second kappa shape index (κ2) is 8.18. The molecule has 27 heavy (non-hydrogen) atoms. The number of carbonyl (C=O) groups excluding carboxylic acids is 2. The highest BCUT2D eigenvalue weighted by atomic mass is 35.5. The molecular weight excluding hydrogens is 364 g/mol. The first-order chi connectivity index (χ1) is 13.0. The Labute approximate surface area is 162 Å². The molecule has 1 aromatic heterocycles. The lowest BCUT2D eigenvalue weighted by Gasteiger charge is -2.13. The molecule has 3 aromatic rings. The Morgan fingerprint density at radius 1 is 1.11 bits per heavy atom. The quantitative estimate of drug-likeness (QED) is 0.657. The highest BCUT2D eigenvalue weighted by molar-refractivity contribution is 6.30. The summed E-state index contributed by atoms with van der Waals surface area (Å²) in [6.07, 6.45) is 0.702. The summed E-state index contributed by atoms with van der Waals surface area (Å²) < 4.78 is 5.27. The van der Waals surface area contributed by atoms with Gasteiger partial charge in [0.2, 0.25) is 0 Å². The molecule has 0 aliphatic rings. The molecule has 0 saturated heterocycles. The van der Waals surface area contributed by atoms with Crippen LogP contribution in [0.15, 0.2) is 48.5 Å². The number of aryl methyl sites for hydroxylation is 1. The number of fused-ring (bicyclic) bond motifs is 1. The molecule has 5 nitrogen and oxygen atoms in total. The second-order valence-electron chi connectivity index (χ2n) is 6.06. The standard InChI is InChI=1S/C21H19ClN2O3/c1-3-17-13(2)20(16-6-4-5-7-18(16)24-17)21(26)27-12-19(25)23-15-10-8-14(22)9-11-15/h4-11H,3,12H2,1-2H3,(H,23,25). The van der Waals surface area contributed by atoms with E-state index in [0.717, 1.165) is 22.2 Å². The third kappa shape index (κ3) is 4.26. The van der Waals surface area contributed by atoms with Crippen LogP contribution in [0.5, 0.6) is 0 Å². The molecule has 0 radical (unpaired) electrons. The lowest BCUT2D eigenvalue weighted by atomic mass is 10.0. The van der Waals surface area contributed by atoms with E-state index >= 15 is 0 Å². The number of hydrogen-bond acceptors (Lipinski definition) is 4. The van der Waals surface area contributed by atoms with Gasteiger partial charge in [-0.3, -0.25) is 9.78 Å². The van der Waals surface area contributed by atoms with Crippen LogP contribution >= 0.6 is 11.6 Å². The summed E-state index contributed by atoms with van der Waals surface area (Å²) in [5, 5.41) is 3.96. The van der Waals surface area contributed by atoms with Crippen molar-refractivity contribution in [2.24, 2.45) is 0 Å². The molecule has 138 valence electrons. The fourth-order valence-electron chi connectivity index (χ4n) is 2.90. The zero-order valence-corrected chi connectivity index (χ0v) is 15.8. The number of hydrogen-bond donors (Lipinski definition) is 1. The van der Waals surface area contributed by atoms with Crippen molar-refractivity contribution in [3.05, 3.63) is 70.4 Å². The number of nitrogens with zero attached hydrogens (tertiary/aromatic N) is 1. The Morgan fingerprint density at radius 3 is 2.52 bits per heavy atom. The summed E-state index contributed by atoms with van der Waals surface area (Å²) in [5.74, 6) is -0.954. The van der Waals surface area contributed by atoms with Crippen molar-refractivity contribution < 1.29 is 14.3 Å². The third-order valence-electron chi connectivity index (χ3n) is 4.24. The van der Waals surface area contributed by atoms with Crippen LogP contribution in [0.1, 0.15) is 28.5 Å². The van der Waals surface area contributed by atoms with Gasteiger partial charge in [0.05, 0.1) is 11.1 Å². The topological polar surface area (TPSA) is 68.3 Å². The molecule has 1 N–H and O–H groups in total. The van der Waals surface area contributed by atoms with Crippen LogP contribution in [0.25, 0.3) is 10.9 Å². The fourth-order valence-corrected chi connectivity index (χ4v) is 3.02. The summed E-state index contributed by atoms with van der Waals surface area (Å²) in [5.41, 5.74) is 3.39. The minimum atomic E-state index is -0.535. The average molecular weight is 383 g/mol. The maximum absolute atomic E-state index is 12.7. The third-order valence-corrected chi connectivity index (χ3v) is 4.49. The number of rotatable bonds is 5.